The van der Waals surface area contributed by atoms with Crippen LogP contribution in [-0.2, 0) is 6.42 Å². The Kier molecular flexibility index (Phi) is 9.05. The number of rotatable bonds is 7. The monoisotopic (exact) mass is 600 g/mol. The number of nitrogens with one attached hydrogen (secondary N) is 3. The molecule has 1 aromatic carbocycles. The molecule has 0 bridgehead atoms. The number of fused-ring (bicyclic) bond motifs is 1. The van der Waals surface area contributed by atoms with E-state index in [2.05, 4.69) is 37.5 Å². The maximum atomic E-state index is 14.6. The van der Waals surface area contributed by atoms with E-state index >= 15 is 0 Å². The van der Waals surface area contributed by atoms with Gasteiger partial charge in [0.05, 0.1) is 36.1 Å². The van der Waals surface area contributed by atoms with Crippen LogP contribution in [0.4, 0.5) is 42.1 Å². The van der Waals surface area contributed by atoms with E-state index < -0.39 is 42.8 Å². The SMILES string of the molecule is CNC(=O)c1ccc(NCC#Cc2nc3c(N[C@@H]4CCN(C)C[C@@H]4F)cccn3c2CC(F)(F)F)c(OC(F)(F)F)c1. The number of hydrogen-bond donors (Lipinski definition) is 3. The molecule has 42 heavy (non-hydrogen) atoms. The minimum Gasteiger partial charge on any atom is -0.404 e. The first-order chi connectivity index (χ1) is 19.7. The van der Waals surface area contributed by atoms with E-state index in [1.165, 1.54) is 35.8 Å². The number of aromatic nitrogens is 2. The lowest BCUT2D eigenvalue weighted by Crippen LogP contribution is -2.46. The average molecular weight is 601 g/mol. The van der Waals surface area contributed by atoms with Crippen molar-refractivity contribution in [2.45, 2.75) is 37.6 Å². The third-order valence-electron chi connectivity index (χ3n) is 6.47. The van der Waals surface area contributed by atoms with E-state index in [0.29, 0.717) is 18.7 Å². The van der Waals surface area contributed by atoms with E-state index in [-0.39, 0.29) is 41.4 Å². The summed E-state index contributed by atoms with van der Waals surface area (Å²) in [5.74, 6) is 3.83. The molecule has 0 spiro atoms. The second-order valence-corrected chi connectivity index (χ2v) is 9.63. The predicted octanol–water partition coefficient (Wildman–Crippen LogP) is 4.62. The quantitative estimate of drug-likeness (QED) is 0.272. The average Bonchev–Trinajstić information content (AvgIpc) is 3.24. The van der Waals surface area contributed by atoms with E-state index in [4.69, 9.17) is 0 Å². The number of pyridine rings is 1. The number of halogens is 7. The number of carbonyl (C=O) groups is 1. The maximum absolute atomic E-state index is 14.6. The van der Waals surface area contributed by atoms with Crippen LogP contribution in [0.3, 0.4) is 0 Å². The summed E-state index contributed by atoms with van der Waals surface area (Å²) in [5, 5.41) is 7.98. The van der Waals surface area contributed by atoms with Gasteiger partial charge in [-0.05, 0) is 49.7 Å². The van der Waals surface area contributed by atoms with E-state index in [9.17, 15) is 35.5 Å². The molecule has 3 aromatic rings. The summed E-state index contributed by atoms with van der Waals surface area (Å²) in [6.07, 6.45) is -10.3. The Morgan fingerprint density at radius 2 is 1.93 bits per heavy atom. The lowest BCUT2D eigenvalue weighted by Gasteiger charge is -2.33. The van der Waals surface area contributed by atoms with Crippen molar-refractivity contribution in [2.75, 3.05) is 44.4 Å². The number of anilines is 2. The molecule has 3 heterocycles. The summed E-state index contributed by atoms with van der Waals surface area (Å²) < 4.78 is 99.2. The maximum Gasteiger partial charge on any atom is 0.573 e. The van der Waals surface area contributed by atoms with Gasteiger partial charge in [0.1, 0.15) is 11.9 Å². The second kappa shape index (κ2) is 12.4. The molecule has 1 saturated heterocycles. The number of carbonyl (C=O) groups excluding carboxylic acids is 1. The molecule has 1 aliphatic heterocycles. The molecule has 2 atom stereocenters. The second-order valence-electron chi connectivity index (χ2n) is 9.63. The number of piperidine rings is 1. The molecule has 0 saturated carbocycles. The van der Waals surface area contributed by atoms with Crippen LogP contribution in [0.15, 0.2) is 36.5 Å². The summed E-state index contributed by atoms with van der Waals surface area (Å²) in [7, 11) is 3.11. The predicted molar refractivity (Wildman–Crippen MR) is 141 cm³/mol. The fourth-order valence-corrected chi connectivity index (χ4v) is 4.54. The van der Waals surface area contributed by atoms with Crippen LogP contribution < -0.4 is 20.7 Å². The number of benzene rings is 1. The molecule has 2 aromatic heterocycles. The number of alkyl halides is 7. The summed E-state index contributed by atoms with van der Waals surface area (Å²) in [6, 6.07) is 5.90. The van der Waals surface area contributed by atoms with Crippen LogP contribution in [0.25, 0.3) is 5.65 Å². The van der Waals surface area contributed by atoms with Crippen LogP contribution in [0.5, 0.6) is 5.75 Å². The lowest BCUT2D eigenvalue weighted by molar-refractivity contribution is -0.274. The van der Waals surface area contributed by atoms with Crippen LogP contribution in [0.1, 0.15) is 28.2 Å². The largest absolute Gasteiger partial charge is 0.573 e. The Hall–Kier alpha value is -4.19. The van der Waals surface area contributed by atoms with Crippen molar-refractivity contribution in [1.82, 2.24) is 19.6 Å². The van der Waals surface area contributed by atoms with Crippen molar-refractivity contribution >= 4 is 22.9 Å². The third kappa shape index (κ3) is 7.75. The van der Waals surface area contributed by atoms with Gasteiger partial charge >= 0.3 is 12.5 Å². The number of nitrogens with zero attached hydrogens (tertiary/aromatic N) is 3. The first kappa shape index (κ1) is 30.8. The zero-order chi connectivity index (χ0) is 30.7. The highest BCUT2D eigenvalue weighted by atomic mass is 19.4. The minimum absolute atomic E-state index is 0.0846. The topological polar surface area (TPSA) is 82.9 Å². The van der Waals surface area contributed by atoms with Crippen LogP contribution in [-0.4, -0.2) is 78.7 Å². The fourth-order valence-electron chi connectivity index (χ4n) is 4.54. The number of imidazole rings is 1. The van der Waals surface area contributed by atoms with Crippen LogP contribution >= 0.6 is 0 Å². The highest BCUT2D eigenvalue weighted by Gasteiger charge is 2.34. The van der Waals surface area contributed by atoms with Gasteiger partial charge in [-0.1, -0.05) is 5.92 Å². The summed E-state index contributed by atoms with van der Waals surface area (Å²) in [6.45, 7) is 0.558. The van der Waals surface area contributed by atoms with Gasteiger partial charge in [0.15, 0.2) is 11.4 Å². The zero-order valence-corrected chi connectivity index (χ0v) is 22.5. The Morgan fingerprint density at radius 3 is 2.60 bits per heavy atom. The normalized spacial score (nSPS) is 17.8. The van der Waals surface area contributed by atoms with Gasteiger partial charge in [0.2, 0.25) is 0 Å². The minimum atomic E-state index is -5.05. The van der Waals surface area contributed by atoms with Crippen molar-refractivity contribution in [3.8, 4) is 17.6 Å². The molecule has 1 amide bonds. The fraction of sp³-hybridized carbons (Fsp3) is 0.407. The Labute approximate surface area is 236 Å². The number of hydrogen-bond acceptors (Lipinski definition) is 6. The Bertz CT molecular complexity index is 1490. The first-order valence-corrected chi connectivity index (χ1v) is 12.7. The molecule has 1 fully saturated rings. The van der Waals surface area contributed by atoms with Gasteiger partial charge in [-0.15, -0.1) is 13.2 Å². The Balaban J connectivity index is 1.61. The summed E-state index contributed by atoms with van der Waals surface area (Å²) in [4.78, 5) is 18.0. The smallest absolute Gasteiger partial charge is 0.404 e. The molecule has 0 aliphatic carbocycles. The highest BCUT2D eigenvalue weighted by molar-refractivity contribution is 5.95. The number of likely N-dealkylation sites (tertiary alicyclic amines) is 1. The molecule has 1 aliphatic rings. The van der Waals surface area contributed by atoms with Gasteiger partial charge in [-0.2, -0.15) is 13.2 Å². The molecular formula is C27H27F7N6O2. The van der Waals surface area contributed by atoms with E-state index in [1.54, 1.807) is 13.1 Å². The molecule has 3 N–H and O–H groups in total. The van der Waals surface area contributed by atoms with Gasteiger partial charge in [0, 0.05) is 31.9 Å². The van der Waals surface area contributed by atoms with Crippen molar-refractivity contribution < 1.29 is 40.3 Å². The molecular weight excluding hydrogens is 573 g/mol. The summed E-state index contributed by atoms with van der Waals surface area (Å²) in [5.41, 5.74) is -0.195. The molecule has 8 nitrogen and oxygen atoms in total. The van der Waals surface area contributed by atoms with Crippen molar-refractivity contribution in [3.63, 3.8) is 0 Å². The van der Waals surface area contributed by atoms with Gasteiger partial charge in [-0.25, -0.2) is 9.37 Å². The third-order valence-corrected chi connectivity index (χ3v) is 6.47. The van der Waals surface area contributed by atoms with Crippen molar-refractivity contribution in [2.24, 2.45) is 0 Å². The molecule has 15 heteroatoms. The van der Waals surface area contributed by atoms with Gasteiger partial charge in [0.25, 0.3) is 5.91 Å². The van der Waals surface area contributed by atoms with Gasteiger partial charge < -0.3 is 30.0 Å². The van der Waals surface area contributed by atoms with E-state index in [1.807, 2.05) is 4.90 Å². The highest BCUT2D eigenvalue weighted by Crippen LogP contribution is 2.32. The van der Waals surface area contributed by atoms with E-state index in [0.717, 1.165) is 6.07 Å². The standard InChI is InChI=1S/C27H27F7N6O2/c1-35-25(41)16-7-8-20(23(13-16)42-27(32,33)34)36-10-3-5-19-22(14-26(29,30)31)40-11-4-6-21(24(40)38-19)37-18-9-12-39(2)15-17(18)28/h4,6-8,11,13,17-18,36-37H,9-10,12,14-15H2,1-2H3,(H,35,41)/t17-,18+/m0/s1. The molecule has 226 valence electrons. The van der Waals surface area contributed by atoms with Crippen molar-refractivity contribution in [3.05, 3.63) is 53.5 Å². The molecule has 0 radical (unpaired) electrons. The Morgan fingerprint density at radius 1 is 1.17 bits per heavy atom. The zero-order valence-electron chi connectivity index (χ0n) is 22.5. The number of amides is 1. The summed E-state index contributed by atoms with van der Waals surface area (Å²) >= 11 is 0. The van der Waals surface area contributed by atoms with Crippen LogP contribution in [0.2, 0.25) is 0 Å². The number of ether oxygens (including phenoxy) is 1. The van der Waals surface area contributed by atoms with Crippen LogP contribution in [0, 0.1) is 11.8 Å². The first-order valence-electron chi connectivity index (χ1n) is 12.7. The van der Waals surface area contributed by atoms with Gasteiger partial charge in [-0.3, -0.25) is 4.79 Å². The molecule has 4 rings (SSSR count). The van der Waals surface area contributed by atoms with Crippen molar-refractivity contribution in [1.29, 1.82) is 0 Å². The lowest BCUT2D eigenvalue weighted by atomic mass is 10.0. The molecule has 0 unspecified atom stereocenters.